The second-order valence-electron chi connectivity index (χ2n) is 10.3. The Labute approximate surface area is 205 Å². The van der Waals surface area contributed by atoms with Crippen molar-refractivity contribution in [2.45, 2.75) is 46.5 Å². The van der Waals surface area contributed by atoms with E-state index in [-0.39, 0.29) is 42.5 Å². The number of hydrogen-bond donors (Lipinski definition) is 0. The number of nitrogens with zero attached hydrogens (tertiary/aromatic N) is 2. The van der Waals surface area contributed by atoms with Crippen molar-refractivity contribution in [1.29, 1.82) is 0 Å². The normalized spacial score (nSPS) is 26.3. The molecule has 4 atom stereocenters. The zero-order valence-electron chi connectivity index (χ0n) is 20.3. The third-order valence-corrected chi connectivity index (χ3v) is 7.60. The monoisotopic (exact) mass is 474 g/mol. The van der Waals surface area contributed by atoms with Crippen LogP contribution in [0.4, 0.5) is 11.4 Å². The molecule has 0 N–H and O–H groups in total. The van der Waals surface area contributed by atoms with Crippen molar-refractivity contribution in [2.75, 3.05) is 16.3 Å². The molecule has 7 nitrogen and oxygen atoms in total. The van der Waals surface area contributed by atoms with Gasteiger partial charge < -0.3 is 9.64 Å². The minimum Gasteiger partial charge on any atom is -0.426 e. The minimum atomic E-state index is -0.560. The lowest BCUT2D eigenvalue weighted by Gasteiger charge is -2.25. The second-order valence-corrected chi connectivity index (χ2v) is 10.3. The number of imide groups is 1. The van der Waals surface area contributed by atoms with E-state index in [1.165, 1.54) is 4.90 Å². The van der Waals surface area contributed by atoms with Gasteiger partial charge in [-0.2, -0.15) is 0 Å². The second kappa shape index (κ2) is 8.95. The van der Waals surface area contributed by atoms with Crippen LogP contribution in [-0.4, -0.2) is 30.2 Å². The molecular formula is C28H30N2O5. The highest BCUT2D eigenvalue weighted by atomic mass is 16.5. The molecule has 0 aromatic heterocycles. The van der Waals surface area contributed by atoms with Crippen LogP contribution in [0, 0.1) is 37.5 Å². The van der Waals surface area contributed by atoms with E-state index < -0.39 is 11.9 Å². The summed E-state index contributed by atoms with van der Waals surface area (Å²) in [6.07, 6.45) is 2.57. The lowest BCUT2D eigenvalue weighted by Crippen LogP contribution is -2.30. The van der Waals surface area contributed by atoms with Gasteiger partial charge in [-0.3, -0.25) is 24.1 Å². The summed E-state index contributed by atoms with van der Waals surface area (Å²) in [7, 11) is 0. The Bertz CT molecular complexity index is 1200. The molecule has 2 aromatic carbocycles. The number of esters is 1. The van der Waals surface area contributed by atoms with Gasteiger partial charge in [0.05, 0.1) is 23.4 Å². The van der Waals surface area contributed by atoms with Crippen molar-refractivity contribution in [3.05, 3.63) is 53.6 Å². The van der Waals surface area contributed by atoms with Gasteiger partial charge in [-0.15, -0.1) is 0 Å². The third kappa shape index (κ3) is 4.24. The Morgan fingerprint density at radius 2 is 1.66 bits per heavy atom. The Kier molecular flexibility index (Phi) is 5.95. The molecule has 0 radical (unpaired) electrons. The Morgan fingerprint density at radius 3 is 2.37 bits per heavy atom. The van der Waals surface area contributed by atoms with Gasteiger partial charge in [-0.25, -0.2) is 0 Å². The van der Waals surface area contributed by atoms with Gasteiger partial charge in [-0.05, 0) is 74.9 Å². The van der Waals surface area contributed by atoms with E-state index in [0.29, 0.717) is 17.4 Å². The average molecular weight is 475 g/mol. The summed E-state index contributed by atoms with van der Waals surface area (Å²) < 4.78 is 5.55. The molecule has 0 spiro atoms. The Balaban J connectivity index is 1.25. The smallest absolute Gasteiger partial charge is 0.316 e. The molecular weight excluding hydrogens is 444 g/mol. The molecule has 3 aliphatic rings. The standard InChI is InChI=1S/C28H30N2O5/c1-16-5-11-24(18(3)12-16)29-15-19(14-25(29)31)28(34)35-21-8-6-20(7-9-21)30-26(32)22-10-4-17(2)13-23(22)27(30)33/h5-9,11-12,17,19,22-23H,4,10,13-15H2,1-3H3/t17-,19-,22-,23-/m1/s1. The number of rotatable bonds is 4. The van der Waals surface area contributed by atoms with Crippen LogP contribution in [0.1, 0.15) is 43.7 Å². The quantitative estimate of drug-likeness (QED) is 0.377. The molecule has 7 heteroatoms. The summed E-state index contributed by atoms with van der Waals surface area (Å²) in [5.41, 5.74) is 3.42. The average Bonchev–Trinajstić information content (AvgIpc) is 3.32. The van der Waals surface area contributed by atoms with Crippen LogP contribution < -0.4 is 14.5 Å². The summed E-state index contributed by atoms with van der Waals surface area (Å²) in [5, 5.41) is 0. The molecule has 0 unspecified atom stereocenters. The first-order valence-corrected chi connectivity index (χ1v) is 12.3. The number of ether oxygens (including phenoxy) is 1. The summed E-state index contributed by atoms with van der Waals surface area (Å²) in [6, 6.07) is 12.3. The fourth-order valence-corrected chi connectivity index (χ4v) is 5.71. The zero-order valence-corrected chi connectivity index (χ0v) is 20.3. The molecule has 5 rings (SSSR count). The topological polar surface area (TPSA) is 84.0 Å². The van der Waals surface area contributed by atoms with Crippen molar-refractivity contribution >= 4 is 35.1 Å². The molecule has 2 saturated heterocycles. The van der Waals surface area contributed by atoms with Crippen molar-refractivity contribution < 1.29 is 23.9 Å². The highest BCUT2D eigenvalue weighted by Gasteiger charge is 2.50. The molecule has 1 saturated carbocycles. The number of hydrogen-bond acceptors (Lipinski definition) is 5. The summed E-state index contributed by atoms with van der Waals surface area (Å²) in [6.45, 7) is 6.35. The molecule has 3 fully saturated rings. The lowest BCUT2D eigenvalue weighted by atomic mass is 9.76. The maximum absolute atomic E-state index is 12.9. The maximum atomic E-state index is 12.9. The van der Waals surface area contributed by atoms with Gasteiger partial charge in [0.1, 0.15) is 5.75 Å². The molecule has 0 bridgehead atoms. The number of carbonyl (C=O) groups is 4. The highest BCUT2D eigenvalue weighted by Crippen LogP contribution is 2.42. The van der Waals surface area contributed by atoms with Crippen LogP contribution in [-0.2, 0) is 19.2 Å². The first-order chi connectivity index (χ1) is 16.7. The van der Waals surface area contributed by atoms with Gasteiger partial charge >= 0.3 is 5.97 Å². The van der Waals surface area contributed by atoms with Crippen molar-refractivity contribution in [3.8, 4) is 5.75 Å². The van der Waals surface area contributed by atoms with Crippen molar-refractivity contribution in [2.24, 2.45) is 23.7 Å². The summed E-state index contributed by atoms with van der Waals surface area (Å²) in [4.78, 5) is 54.2. The van der Waals surface area contributed by atoms with E-state index in [4.69, 9.17) is 4.74 Å². The predicted octanol–water partition coefficient (Wildman–Crippen LogP) is 4.19. The van der Waals surface area contributed by atoms with Crippen molar-refractivity contribution in [1.82, 2.24) is 0 Å². The lowest BCUT2D eigenvalue weighted by molar-refractivity contribution is -0.139. The molecule has 2 heterocycles. The van der Waals surface area contributed by atoms with Crippen LogP contribution in [0.2, 0.25) is 0 Å². The number of carbonyl (C=O) groups excluding carboxylic acids is 4. The maximum Gasteiger partial charge on any atom is 0.316 e. The van der Waals surface area contributed by atoms with Gasteiger partial charge in [0.2, 0.25) is 17.7 Å². The molecule has 1 aliphatic carbocycles. The van der Waals surface area contributed by atoms with Crippen LogP contribution in [0.5, 0.6) is 5.75 Å². The van der Waals surface area contributed by atoms with Crippen LogP contribution in [0.25, 0.3) is 0 Å². The minimum absolute atomic E-state index is 0.0994. The number of fused-ring (bicyclic) bond motifs is 1. The van der Waals surface area contributed by atoms with E-state index in [0.717, 1.165) is 36.1 Å². The number of aryl methyl sites for hydroxylation is 2. The van der Waals surface area contributed by atoms with Crippen molar-refractivity contribution in [3.63, 3.8) is 0 Å². The van der Waals surface area contributed by atoms with E-state index in [9.17, 15) is 19.2 Å². The molecule has 2 aliphatic heterocycles. The van der Waals surface area contributed by atoms with Crippen LogP contribution in [0.15, 0.2) is 42.5 Å². The Morgan fingerprint density at radius 1 is 0.943 bits per heavy atom. The fourth-order valence-electron chi connectivity index (χ4n) is 5.71. The molecule has 35 heavy (non-hydrogen) atoms. The van der Waals surface area contributed by atoms with Gasteiger partial charge in [0.25, 0.3) is 0 Å². The number of anilines is 2. The number of benzene rings is 2. The Hall–Kier alpha value is -3.48. The van der Waals surface area contributed by atoms with E-state index >= 15 is 0 Å². The van der Waals surface area contributed by atoms with Gasteiger partial charge in [0.15, 0.2) is 0 Å². The van der Waals surface area contributed by atoms with Crippen LogP contribution >= 0.6 is 0 Å². The van der Waals surface area contributed by atoms with E-state index in [1.807, 2.05) is 32.0 Å². The first kappa shape index (κ1) is 23.3. The first-order valence-electron chi connectivity index (χ1n) is 12.3. The van der Waals surface area contributed by atoms with E-state index in [2.05, 4.69) is 6.92 Å². The zero-order chi connectivity index (χ0) is 24.9. The highest BCUT2D eigenvalue weighted by molar-refractivity contribution is 6.22. The van der Waals surface area contributed by atoms with E-state index in [1.54, 1.807) is 29.2 Å². The molecule has 2 aromatic rings. The SMILES string of the molecule is Cc1ccc(N2C[C@H](C(=O)Oc3ccc(N4C(=O)[C@@H]5CC[C@@H](C)C[C@H]5C4=O)cc3)CC2=O)c(C)c1. The fraction of sp³-hybridized carbons (Fsp3) is 0.429. The largest absolute Gasteiger partial charge is 0.426 e. The predicted molar refractivity (Wildman–Crippen MR) is 131 cm³/mol. The number of amides is 3. The third-order valence-electron chi connectivity index (χ3n) is 7.60. The summed E-state index contributed by atoms with van der Waals surface area (Å²) in [5.74, 6) is -1.08. The van der Waals surface area contributed by atoms with Crippen LogP contribution in [0.3, 0.4) is 0 Å². The van der Waals surface area contributed by atoms with Gasteiger partial charge in [0, 0.05) is 18.7 Å². The molecule has 182 valence electrons. The molecule has 3 amide bonds. The van der Waals surface area contributed by atoms with Gasteiger partial charge in [-0.1, -0.05) is 24.6 Å². The summed E-state index contributed by atoms with van der Waals surface area (Å²) >= 11 is 0.